The van der Waals surface area contributed by atoms with E-state index in [1.807, 2.05) is 6.92 Å². The smallest absolute Gasteiger partial charge is 0.225 e. The van der Waals surface area contributed by atoms with Crippen LogP contribution in [0.3, 0.4) is 0 Å². The van der Waals surface area contributed by atoms with Gasteiger partial charge >= 0.3 is 0 Å². The van der Waals surface area contributed by atoms with E-state index in [2.05, 4.69) is 15.6 Å². The fraction of sp³-hybridized carbons (Fsp3) is 0.667. The quantitative estimate of drug-likeness (QED) is 0.713. The van der Waals surface area contributed by atoms with E-state index in [0.717, 1.165) is 13.0 Å². The van der Waals surface area contributed by atoms with Gasteiger partial charge in [-0.05, 0) is 13.3 Å². The average molecular weight is 265 g/mol. The monoisotopic (exact) mass is 265 g/mol. The van der Waals surface area contributed by atoms with Gasteiger partial charge in [-0.3, -0.25) is 14.3 Å². The van der Waals surface area contributed by atoms with Crippen LogP contribution in [0, 0.1) is 5.92 Å². The van der Waals surface area contributed by atoms with Gasteiger partial charge in [0.2, 0.25) is 11.8 Å². The largest absolute Gasteiger partial charge is 0.356 e. The van der Waals surface area contributed by atoms with E-state index in [9.17, 15) is 9.59 Å². The Morgan fingerprint density at radius 1 is 1.58 bits per heavy atom. The number of hydrogen-bond acceptors (Lipinski definition) is 4. The Labute approximate surface area is 112 Å². The summed E-state index contributed by atoms with van der Waals surface area (Å²) in [6.07, 6.45) is 4.55. The van der Waals surface area contributed by atoms with Gasteiger partial charge in [0, 0.05) is 38.8 Å². The molecule has 7 nitrogen and oxygen atoms in total. The van der Waals surface area contributed by atoms with E-state index in [-0.39, 0.29) is 17.7 Å². The highest BCUT2D eigenvalue weighted by Crippen LogP contribution is 2.17. The number of carbonyl (C=O) groups excluding carboxylic acids is 2. The minimum Gasteiger partial charge on any atom is -0.356 e. The maximum absolute atomic E-state index is 11.9. The van der Waals surface area contributed by atoms with E-state index < -0.39 is 0 Å². The molecule has 1 atom stereocenters. The predicted octanol–water partition coefficient (Wildman–Crippen LogP) is -0.347. The number of amides is 2. The topological polar surface area (TPSA) is 80.1 Å². The van der Waals surface area contributed by atoms with Crippen LogP contribution < -0.4 is 5.32 Å². The van der Waals surface area contributed by atoms with E-state index in [1.54, 1.807) is 22.0 Å². The second-order valence-electron chi connectivity index (χ2n) is 4.64. The van der Waals surface area contributed by atoms with Gasteiger partial charge in [-0.15, -0.1) is 5.10 Å². The molecule has 1 saturated heterocycles. The van der Waals surface area contributed by atoms with Crippen LogP contribution in [0.5, 0.6) is 0 Å². The SMILES string of the molecule is CCN1C[C@@H](C(=O)NCCCn2ccnn2)CC1=O. The van der Waals surface area contributed by atoms with Crippen LogP contribution in [-0.2, 0) is 16.1 Å². The minimum atomic E-state index is -0.196. The Morgan fingerprint density at radius 3 is 3.05 bits per heavy atom. The van der Waals surface area contributed by atoms with Crippen LogP contribution in [0.1, 0.15) is 19.8 Å². The molecule has 104 valence electrons. The highest BCUT2D eigenvalue weighted by Gasteiger charge is 2.32. The van der Waals surface area contributed by atoms with Crippen molar-refractivity contribution < 1.29 is 9.59 Å². The summed E-state index contributed by atoms with van der Waals surface area (Å²) in [6.45, 7) is 4.47. The molecule has 0 spiro atoms. The molecule has 0 aliphatic carbocycles. The molecule has 0 radical (unpaired) electrons. The highest BCUT2D eigenvalue weighted by atomic mass is 16.2. The van der Waals surface area contributed by atoms with Gasteiger partial charge in [-0.2, -0.15) is 0 Å². The third-order valence-corrected chi connectivity index (χ3v) is 3.30. The molecule has 0 saturated carbocycles. The molecule has 0 aromatic carbocycles. The van der Waals surface area contributed by atoms with Crippen molar-refractivity contribution in [2.45, 2.75) is 26.3 Å². The summed E-state index contributed by atoms with van der Waals surface area (Å²) in [6, 6.07) is 0. The minimum absolute atomic E-state index is 0.0251. The van der Waals surface area contributed by atoms with Crippen molar-refractivity contribution in [2.75, 3.05) is 19.6 Å². The fourth-order valence-corrected chi connectivity index (χ4v) is 2.20. The molecular weight excluding hydrogens is 246 g/mol. The van der Waals surface area contributed by atoms with Crippen molar-refractivity contribution in [3.8, 4) is 0 Å². The van der Waals surface area contributed by atoms with Gasteiger partial charge in [0.25, 0.3) is 0 Å². The van der Waals surface area contributed by atoms with Crippen LogP contribution in [0.4, 0.5) is 0 Å². The third kappa shape index (κ3) is 3.52. The molecule has 0 unspecified atom stereocenters. The zero-order chi connectivity index (χ0) is 13.7. The first-order chi connectivity index (χ1) is 9.20. The van der Waals surface area contributed by atoms with E-state index >= 15 is 0 Å². The number of aryl methyl sites for hydroxylation is 1. The summed E-state index contributed by atoms with van der Waals surface area (Å²) in [4.78, 5) is 25.1. The first-order valence-corrected chi connectivity index (χ1v) is 6.60. The molecule has 2 heterocycles. The lowest BCUT2D eigenvalue weighted by Gasteiger charge is -2.13. The van der Waals surface area contributed by atoms with Crippen LogP contribution in [0.2, 0.25) is 0 Å². The molecular formula is C12H19N5O2. The van der Waals surface area contributed by atoms with Crippen LogP contribution in [-0.4, -0.2) is 51.3 Å². The lowest BCUT2D eigenvalue weighted by atomic mass is 10.1. The summed E-state index contributed by atoms with van der Waals surface area (Å²) < 4.78 is 1.73. The van der Waals surface area contributed by atoms with E-state index in [1.165, 1.54) is 0 Å². The molecule has 2 rings (SSSR count). The Morgan fingerprint density at radius 2 is 2.42 bits per heavy atom. The molecule has 0 bridgehead atoms. The van der Waals surface area contributed by atoms with Crippen molar-refractivity contribution in [3.63, 3.8) is 0 Å². The average Bonchev–Trinajstić information content (AvgIpc) is 3.03. The lowest BCUT2D eigenvalue weighted by Crippen LogP contribution is -2.33. The maximum Gasteiger partial charge on any atom is 0.225 e. The number of hydrogen-bond donors (Lipinski definition) is 1. The zero-order valence-corrected chi connectivity index (χ0v) is 11.1. The van der Waals surface area contributed by atoms with Gasteiger partial charge in [0.15, 0.2) is 0 Å². The van der Waals surface area contributed by atoms with Gasteiger partial charge < -0.3 is 10.2 Å². The first-order valence-electron chi connectivity index (χ1n) is 6.60. The van der Waals surface area contributed by atoms with E-state index in [0.29, 0.717) is 26.1 Å². The second-order valence-corrected chi connectivity index (χ2v) is 4.64. The Kier molecular flexibility index (Phi) is 4.48. The Hall–Kier alpha value is -1.92. The molecule has 1 aliphatic rings. The molecule has 1 aromatic rings. The molecule has 1 aliphatic heterocycles. The van der Waals surface area contributed by atoms with Crippen molar-refractivity contribution in [1.29, 1.82) is 0 Å². The lowest BCUT2D eigenvalue weighted by molar-refractivity contribution is -0.128. The molecule has 2 amide bonds. The number of nitrogens with one attached hydrogen (secondary N) is 1. The van der Waals surface area contributed by atoms with Crippen LogP contribution >= 0.6 is 0 Å². The van der Waals surface area contributed by atoms with Crippen molar-refractivity contribution in [2.24, 2.45) is 5.92 Å². The normalized spacial score (nSPS) is 18.9. The number of rotatable bonds is 6. The number of nitrogens with zero attached hydrogens (tertiary/aromatic N) is 4. The molecule has 7 heteroatoms. The van der Waals surface area contributed by atoms with Crippen molar-refractivity contribution >= 4 is 11.8 Å². The Bertz CT molecular complexity index is 431. The van der Waals surface area contributed by atoms with Crippen molar-refractivity contribution in [1.82, 2.24) is 25.2 Å². The summed E-state index contributed by atoms with van der Waals surface area (Å²) >= 11 is 0. The molecule has 1 fully saturated rings. The van der Waals surface area contributed by atoms with E-state index in [4.69, 9.17) is 0 Å². The molecule has 1 N–H and O–H groups in total. The van der Waals surface area contributed by atoms with Gasteiger partial charge in [0.1, 0.15) is 0 Å². The number of carbonyl (C=O) groups is 2. The predicted molar refractivity (Wildman–Crippen MR) is 68.0 cm³/mol. The third-order valence-electron chi connectivity index (χ3n) is 3.30. The zero-order valence-electron chi connectivity index (χ0n) is 11.1. The summed E-state index contributed by atoms with van der Waals surface area (Å²) in [5.41, 5.74) is 0. The first kappa shape index (κ1) is 13.5. The molecule has 19 heavy (non-hydrogen) atoms. The van der Waals surface area contributed by atoms with Gasteiger partial charge in [-0.1, -0.05) is 5.21 Å². The van der Waals surface area contributed by atoms with Gasteiger partial charge in [-0.25, -0.2) is 0 Å². The molecule has 1 aromatic heterocycles. The summed E-state index contributed by atoms with van der Waals surface area (Å²) in [5.74, 6) is -0.146. The summed E-state index contributed by atoms with van der Waals surface area (Å²) in [7, 11) is 0. The fourth-order valence-electron chi connectivity index (χ4n) is 2.20. The standard InChI is InChI=1S/C12H19N5O2/c1-2-16-9-10(8-11(16)18)12(19)13-4-3-6-17-7-5-14-15-17/h5,7,10H,2-4,6,8-9H2,1H3,(H,13,19)/t10-/m0/s1. The van der Waals surface area contributed by atoms with Gasteiger partial charge in [0.05, 0.1) is 12.1 Å². The maximum atomic E-state index is 11.9. The summed E-state index contributed by atoms with van der Waals surface area (Å²) in [5, 5.41) is 10.4. The second kappa shape index (κ2) is 6.31. The highest BCUT2D eigenvalue weighted by molar-refractivity contribution is 5.89. The number of aromatic nitrogens is 3. The van der Waals surface area contributed by atoms with Crippen LogP contribution in [0.15, 0.2) is 12.4 Å². The number of likely N-dealkylation sites (tertiary alicyclic amines) is 1. The van der Waals surface area contributed by atoms with Crippen molar-refractivity contribution in [3.05, 3.63) is 12.4 Å². The van der Waals surface area contributed by atoms with Crippen LogP contribution in [0.25, 0.3) is 0 Å². The Balaban J connectivity index is 1.66.